The van der Waals surface area contributed by atoms with Crippen LogP contribution in [0.25, 0.3) is 22.0 Å². The first-order valence-electron chi connectivity index (χ1n) is 14.6. The highest BCUT2D eigenvalue weighted by atomic mass is 16.6. The van der Waals surface area contributed by atoms with Crippen LogP contribution in [-0.4, -0.2) is 53.4 Å². The van der Waals surface area contributed by atoms with Crippen molar-refractivity contribution in [3.05, 3.63) is 89.6 Å². The smallest absolute Gasteiger partial charge is 0.419 e. The second-order valence-corrected chi connectivity index (χ2v) is 12.6. The van der Waals surface area contributed by atoms with Crippen molar-refractivity contribution in [3.63, 3.8) is 0 Å². The predicted molar refractivity (Wildman–Crippen MR) is 174 cm³/mol. The van der Waals surface area contributed by atoms with Crippen molar-refractivity contribution in [1.29, 1.82) is 5.41 Å². The Hall–Kier alpha value is -5.12. The quantitative estimate of drug-likeness (QED) is 0.153. The van der Waals surface area contributed by atoms with Gasteiger partial charge in [-0.15, -0.1) is 0 Å². The molecular formula is C35H40N4O6. The Bertz CT molecular complexity index is 1710. The first-order valence-corrected chi connectivity index (χ1v) is 14.6. The minimum Gasteiger partial charge on any atom is -0.497 e. The van der Waals surface area contributed by atoms with Crippen molar-refractivity contribution in [3.8, 4) is 16.9 Å². The van der Waals surface area contributed by atoms with Gasteiger partial charge in [-0.3, -0.25) is 20.1 Å². The zero-order valence-corrected chi connectivity index (χ0v) is 26.7. The molecule has 10 heteroatoms. The molecule has 45 heavy (non-hydrogen) atoms. The second-order valence-electron chi connectivity index (χ2n) is 12.6. The molecule has 10 nitrogen and oxygen atoms in total. The number of carbonyl (C=O) groups is 3. The zero-order chi connectivity index (χ0) is 32.9. The number of carbonyl (C=O) groups excluding carboxylic acids is 3. The third kappa shape index (κ3) is 8.72. The monoisotopic (exact) mass is 612 g/mol. The number of rotatable bonds is 7. The summed E-state index contributed by atoms with van der Waals surface area (Å²) in [6.07, 6.45) is 0.582. The Kier molecular flexibility index (Phi) is 9.66. The number of aromatic nitrogens is 1. The normalized spacial score (nSPS) is 11.5. The Morgan fingerprint density at radius 3 is 2.00 bits per heavy atom. The molecule has 0 saturated carbocycles. The molecule has 2 amide bonds. The van der Waals surface area contributed by atoms with Crippen molar-refractivity contribution < 1.29 is 28.6 Å². The van der Waals surface area contributed by atoms with E-state index in [1.807, 2.05) is 48.5 Å². The van der Waals surface area contributed by atoms with E-state index in [0.29, 0.717) is 35.0 Å². The number of benzene rings is 3. The minimum absolute atomic E-state index is 0.197. The van der Waals surface area contributed by atoms with Gasteiger partial charge in [0.15, 0.2) is 0 Å². The SMILES string of the molecule is COc1ccc(-c2ccc(C(=O)NCCc3ccc4c(c3)c(C(=N)NC(=O)OC(C)(C)C)cn4C(=O)OC(C)(C)C)cc2)cc1. The summed E-state index contributed by atoms with van der Waals surface area (Å²) in [4.78, 5) is 38.3. The van der Waals surface area contributed by atoms with Crippen LogP contribution in [0.15, 0.2) is 72.9 Å². The molecular weight excluding hydrogens is 572 g/mol. The van der Waals surface area contributed by atoms with E-state index >= 15 is 0 Å². The van der Waals surface area contributed by atoms with Crippen LogP contribution in [0.4, 0.5) is 9.59 Å². The van der Waals surface area contributed by atoms with Crippen LogP contribution in [0.3, 0.4) is 0 Å². The molecule has 0 bridgehead atoms. The van der Waals surface area contributed by atoms with Gasteiger partial charge in [0.05, 0.1) is 12.6 Å². The molecule has 1 aromatic heterocycles. The number of hydrogen-bond acceptors (Lipinski definition) is 7. The van der Waals surface area contributed by atoms with E-state index in [4.69, 9.17) is 19.6 Å². The van der Waals surface area contributed by atoms with Crippen LogP contribution in [0, 0.1) is 5.41 Å². The van der Waals surface area contributed by atoms with Gasteiger partial charge in [0, 0.05) is 29.3 Å². The van der Waals surface area contributed by atoms with E-state index in [1.54, 1.807) is 66.9 Å². The van der Waals surface area contributed by atoms with Gasteiger partial charge in [-0.05, 0) is 101 Å². The Balaban J connectivity index is 1.49. The van der Waals surface area contributed by atoms with E-state index in [2.05, 4.69) is 10.6 Å². The maximum Gasteiger partial charge on any atom is 0.419 e. The number of methoxy groups -OCH3 is 1. The Morgan fingerprint density at radius 2 is 1.42 bits per heavy atom. The molecule has 0 atom stereocenters. The van der Waals surface area contributed by atoms with Crippen LogP contribution in [0.2, 0.25) is 0 Å². The number of ether oxygens (including phenoxy) is 3. The van der Waals surface area contributed by atoms with Gasteiger partial charge in [0.2, 0.25) is 0 Å². The van der Waals surface area contributed by atoms with Crippen LogP contribution in [0.5, 0.6) is 5.75 Å². The number of amidine groups is 1. The average molecular weight is 613 g/mol. The molecule has 0 aliphatic rings. The Labute approximate surface area is 263 Å². The number of nitrogens with one attached hydrogen (secondary N) is 3. The lowest BCUT2D eigenvalue weighted by Gasteiger charge is -2.20. The number of hydrogen-bond donors (Lipinski definition) is 3. The molecule has 0 unspecified atom stereocenters. The van der Waals surface area contributed by atoms with E-state index in [1.165, 1.54) is 10.8 Å². The summed E-state index contributed by atoms with van der Waals surface area (Å²) in [6.45, 7) is 10.9. The van der Waals surface area contributed by atoms with Gasteiger partial charge in [-0.2, -0.15) is 0 Å². The van der Waals surface area contributed by atoms with E-state index in [9.17, 15) is 14.4 Å². The van der Waals surface area contributed by atoms with E-state index in [-0.39, 0.29) is 11.7 Å². The van der Waals surface area contributed by atoms with Crippen LogP contribution in [-0.2, 0) is 15.9 Å². The number of amides is 2. The summed E-state index contributed by atoms with van der Waals surface area (Å²) in [5.74, 6) is 0.360. The molecule has 4 rings (SSSR count). The molecule has 236 valence electrons. The van der Waals surface area contributed by atoms with Gasteiger partial charge in [0.25, 0.3) is 5.91 Å². The van der Waals surface area contributed by atoms with Gasteiger partial charge in [0.1, 0.15) is 22.8 Å². The fourth-order valence-electron chi connectivity index (χ4n) is 4.59. The minimum atomic E-state index is -0.776. The molecule has 0 aliphatic heterocycles. The largest absolute Gasteiger partial charge is 0.497 e. The summed E-state index contributed by atoms with van der Waals surface area (Å²) < 4.78 is 17.4. The number of fused-ring (bicyclic) bond motifs is 1. The number of alkyl carbamates (subject to hydrolysis) is 1. The fourth-order valence-corrected chi connectivity index (χ4v) is 4.59. The number of nitrogens with zero attached hydrogens (tertiary/aromatic N) is 1. The van der Waals surface area contributed by atoms with Crippen molar-refractivity contribution in [2.24, 2.45) is 0 Å². The van der Waals surface area contributed by atoms with Crippen LogP contribution < -0.4 is 15.4 Å². The van der Waals surface area contributed by atoms with Crippen LogP contribution in [0.1, 0.15) is 63.0 Å². The molecule has 0 aliphatic carbocycles. The highest BCUT2D eigenvalue weighted by Crippen LogP contribution is 2.26. The molecule has 0 fully saturated rings. The Morgan fingerprint density at radius 1 is 0.822 bits per heavy atom. The maximum atomic E-state index is 13.0. The lowest BCUT2D eigenvalue weighted by molar-refractivity contribution is 0.0540. The zero-order valence-electron chi connectivity index (χ0n) is 26.7. The summed E-state index contributed by atoms with van der Waals surface area (Å²) in [5, 5.41) is 14.6. The topological polar surface area (TPSA) is 132 Å². The standard InChI is InChI=1S/C35H40N4O6/c1-34(2,3)44-32(41)38-30(36)28-21-39(33(42)45-35(4,5)6)29-17-8-22(20-27(28)29)18-19-37-31(40)25-11-9-23(10-12-25)24-13-15-26(43-7)16-14-24/h8-17,20-21H,18-19H2,1-7H3,(H,37,40)(H2,36,38,41). The molecule has 4 aromatic rings. The first-order chi connectivity index (χ1) is 21.1. The first kappa shape index (κ1) is 32.8. The third-order valence-corrected chi connectivity index (χ3v) is 6.62. The average Bonchev–Trinajstić information content (AvgIpc) is 3.35. The molecule has 0 saturated heterocycles. The summed E-state index contributed by atoms with van der Waals surface area (Å²) in [6, 6.07) is 20.6. The van der Waals surface area contributed by atoms with Gasteiger partial charge in [-0.1, -0.05) is 30.3 Å². The van der Waals surface area contributed by atoms with Crippen LogP contribution >= 0.6 is 0 Å². The van der Waals surface area contributed by atoms with E-state index in [0.717, 1.165) is 22.4 Å². The van der Waals surface area contributed by atoms with Crippen molar-refractivity contribution in [2.45, 2.75) is 59.2 Å². The summed E-state index contributed by atoms with van der Waals surface area (Å²) in [7, 11) is 1.62. The molecule has 3 aromatic carbocycles. The lowest BCUT2D eigenvalue weighted by Crippen LogP contribution is -2.36. The molecule has 0 radical (unpaired) electrons. The van der Waals surface area contributed by atoms with Gasteiger partial charge >= 0.3 is 12.2 Å². The summed E-state index contributed by atoms with van der Waals surface area (Å²) in [5.41, 5.74) is 2.78. The van der Waals surface area contributed by atoms with Gasteiger partial charge in [-0.25, -0.2) is 9.59 Å². The highest BCUT2D eigenvalue weighted by Gasteiger charge is 2.24. The van der Waals surface area contributed by atoms with Crippen molar-refractivity contribution in [1.82, 2.24) is 15.2 Å². The highest BCUT2D eigenvalue weighted by molar-refractivity contribution is 6.14. The predicted octanol–water partition coefficient (Wildman–Crippen LogP) is 6.92. The summed E-state index contributed by atoms with van der Waals surface area (Å²) >= 11 is 0. The van der Waals surface area contributed by atoms with Gasteiger partial charge < -0.3 is 19.5 Å². The van der Waals surface area contributed by atoms with E-state index < -0.39 is 23.4 Å². The lowest BCUT2D eigenvalue weighted by atomic mass is 10.0. The molecule has 1 heterocycles. The second kappa shape index (κ2) is 13.3. The molecule has 0 spiro atoms. The van der Waals surface area contributed by atoms with Crippen molar-refractivity contribution >= 4 is 34.8 Å². The third-order valence-electron chi connectivity index (χ3n) is 6.62. The maximum absolute atomic E-state index is 13.0. The van der Waals surface area contributed by atoms with Crippen molar-refractivity contribution in [2.75, 3.05) is 13.7 Å². The molecule has 3 N–H and O–H groups in total. The fraction of sp³-hybridized carbons (Fsp3) is 0.314.